The zero-order valence-corrected chi connectivity index (χ0v) is 3.52. The molecule has 37 valence electrons. The first kappa shape index (κ1) is 5.89. The van der Waals surface area contributed by atoms with Crippen LogP contribution in [-0.2, 0) is 0 Å². The summed E-state index contributed by atoms with van der Waals surface area (Å²) < 4.78 is 11.0. The molecular formula is C4H8FO. The van der Waals surface area contributed by atoms with Crippen molar-refractivity contribution in [1.82, 2.24) is 0 Å². The summed E-state index contributed by atoms with van der Waals surface area (Å²) in [7, 11) is 0. The SMILES string of the molecule is [CH2]C(O)CCF. The Balaban J connectivity index is 2.63. The van der Waals surface area contributed by atoms with Gasteiger partial charge < -0.3 is 5.11 Å². The molecule has 2 heteroatoms. The maximum absolute atomic E-state index is 11.0. The second kappa shape index (κ2) is 3.09. The lowest BCUT2D eigenvalue weighted by Crippen LogP contribution is -1.99. The van der Waals surface area contributed by atoms with Gasteiger partial charge in [0.25, 0.3) is 0 Å². The molecule has 6 heavy (non-hydrogen) atoms. The van der Waals surface area contributed by atoms with Crippen molar-refractivity contribution in [3.05, 3.63) is 6.92 Å². The molecule has 0 bridgehead atoms. The lowest BCUT2D eigenvalue weighted by Gasteiger charge is -1.93. The quantitative estimate of drug-likeness (QED) is 0.526. The highest BCUT2D eigenvalue weighted by atomic mass is 19.1. The van der Waals surface area contributed by atoms with E-state index < -0.39 is 12.8 Å². The van der Waals surface area contributed by atoms with Crippen molar-refractivity contribution in [3.8, 4) is 0 Å². The lowest BCUT2D eigenvalue weighted by molar-refractivity contribution is 0.196. The van der Waals surface area contributed by atoms with E-state index in [0.29, 0.717) is 0 Å². The first-order valence-corrected chi connectivity index (χ1v) is 1.84. The van der Waals surface area contributed by atoms with E-state index in [1.54, 1.807) is 0 Å². The van der Waals surface area contributed by atoms with Gasteiger partial charge in [0.2, 0.25) is 0 Å². The predicted molar refractivity (Wildman–Crippen MR) is 22.0 cm³/mol. The molecule has 0 amide bonds. The smallest absolute Gasteiger partial charge is 0.0919 e. The Hall–Kier alpha value is -0.110. The Morgan fingerprint density at radius 2 is 2.33 bits per heavy atom. The maximum Gasteiger partial charge on any atom is 0.0919 e. The first-order valence-electron chi connectivity index (χ1n) is 1.84. The van der Waals surface area contributed by atoms with Gasteiger partial charge in [0, 0.05) is 6.42 Å². The average molecular weight is 91.1 g/mol. The van der Waals surface area contributed by atoms with Crippen LogP contribution in [-0.4, -0.2) is 17.9 Å². The van der Waals surface area contributed by atoms with Crippen molar-refractivity contribution in [1.29, 1.82) is 0 Å². The number of halogens is 1. The van der Waals surface area contributed by atoms with Gasteiger partial charge >= 0.3 is 0 Å². The van der Waals surface area contributed by atoms with E-state index in [4.69, 9.17) is 5.11 Å². The number of hydrogen-bond acceptors (Lipinski definition) is 1. The Morgan fingerprint density at radius 1 is 1.83 bits per heavy atom. The Kier molecular flexibility index (Phi) is 3.04. The van der Waals surface area contributed by atoms with E-state index in [9.17, 15) is 4.39 Å². The van der Waals surface area contributed by atoms with Crippen LogP contribution in [0.4, 0.5) is 4.39 Å². The fraction of sp³-hybridized carbons (Fsp3) is 0.750. The van der Waals surface area contributed by atoms with Crippen LogP contribution in [0.2, 0.25) is 0 Å². The number of hydrogen-bond donors (Lipinski definition) is 1. The van der Waals surface area contributed by atoms with Crippen molar-refractivity contribution in [2.75, 3.05) is 6.67 Å². The van der Waals surface area contributed by atoms with Crippen LogP contribution in [0, 0.1) is 6.92 Å². The van der Waals surface area contributed by atoms with Crippen LogP contribution in [0.25, 0.3) is 0 Å². The zero-order chi connectivity index (χ0) is 4.99. The van der Waals surface area contributed by atoms with Crippen LogP contribution in [0.3, 0.4) is 0 Å². The molecular weight excluding hydrogens is 83.0 g/mol. The minimum absolute atomic E-state index is 0.153. The first-order chi connectivity index (χ1) is 2.77. The van der Waals surface area contributed by atoms with Gasteiger partial charge in [-0.15, -0.1) is 0 Å². The van der Waals surface area contributed by atoms with Gasteiger partial charge in [-0.25, -0.2) is 0 Å². The molecule has 1 nitrogen and oxygen atoms in total. The van der Waals surface area contributed by atoms with Crippen molar-refractivity contribution in [3.63, 3.8) is 0 Å². The predicted octanol–water partition coefficient (Wildman–Crippen LogP) is 0.541. The lowest BCUT2D eigenvalue weighted by atomic mass is 10.3. The molecule has 0 rings (SSSR count). The van der Waals surface area contributed by atoms with E-state index in [1.807, 2.05) is 0 Å². The minimum atomic E-state index is -0.727. The number of aliphatic hydroxyl groups is 1. The summed E-state index contributed by atoms with van der Waals surface area (Å²) in [5.74, 6) is 0. The van der Waals surface area contributed by atoms with Gasteiger partial charge in [0.15, 0.2) is 0 Å². The third-order valence-corrected chi connectivity index (χ3v) is 0.442. The highest BCUT2D eigenvalue weighted by molar-refractivity contribution is 4.53. The fourth-order valence-electron chi connectivity index (χ4n) is 0.126. The molecule has 0 aromatic heterocycles. The number of alkyl halides is 1. The van der Waals surface area contributed by atoms with Crippen LogP contribution in [0.1, 0.15) is 6.42 Å². The molecule has 0 aliphatic rings. The van der Waals surface area contributed by atoms with Crippen molar-refractivity contribution in [2.45, 2.75) is 12.5 Å². The van der Waals surface area contributed by atoms with E-state index in [2.05, 4.69) is 6.92 Å². The van der Waals surface area contributed by atoms with E-state index in [-0.39, 0.29) is 6.42 Å². The maximum atomic E-state index is 11.0. The summed E-state index contributed by atoms with van der Waals surface area (Å²) in [5, 5.41) is 8.20. The molecule has 0 aromatic rings. The molecule has 0 fully saturated rings. The molecule has 0 aromatic carbocycles. The van der Waals surface area contributed by atoms with E-state index in [0.717, 1.165) is 0 Å². The summed E-state index contributed by atoms with van der Waals surface area (Å²) in [5.41, 5.74) is 0. The Bertz CT molecular complexity index is 28.7. The highest BCUT2D eigenvalue weighted by Gasteiger charge is 1.89. The molecule has 0 heterocycles. The summed E-state index contributed by atoms with van der Waals surface area (Å²) >= 11 is 0. The van der Waals surface area contributed by atoms with Crippen molar-refractivity contribution < 1.29 is 9.50 Å². The van der Waals surface area contributed by atoms with Gasteiger partial charge in [-0.1, -0.05) is 0 Å². The summed E-state index contributed by atoms with van der Waals surface area (Å²) in [6, 6.07) is 0. The van der Waals surface area contributed by atoms with Crippen molar-refractivity contribution >= 4 is 0 Å². The second-order valence-electron chi connectivity index (χ2n) is 1.13. The van der Waals surface area contributed by atoms with Gasteiger partial charge in [0.05, 0.1) is 12.8 Å². The van der Waals surface area contributed by atoms with Crippen LogP contribution >= 0.6 is 0 Å². The third kappa shape index (κ3) is 3.89. The molecule has 0 saturated carbocycles. The fourth-order valence-corrected chi connectivity index (χ4v) is 0.126. The van der Waals surface area contributed by atoms with E-state index in [1.165, 1.54) is 0 Å². The third-order valence-electron chi connectivity index (χ3n) is 0.442. The second-order valence-corrected chi connectivity index (χ2v) is 1.13. The molecule has 0 aliphatic heterocycles. The number of rotatable bonds is 2. The Labute approximate surface area is 36.8 Å². The molecule has 0 aliphatic carbocycles. The van der Waals surface area contributed by atoms with Crippen LogP contribution in [0.5, 0.6) is 0 Å². The topological polar surface area (TPSA) is 20.2 Å². The largest absolute Gasteiger partial charge is 0.393 e. The average Bonchev–Trinajstić information content (AvgIpc) is 1.35. The zero-order valence-electron chi connectivity index (χ0n) is 3.52. The molecule has 1 unspecified atom stereocenters. The van der Waals surface area contributed by atoms with Gasteiger partial charge in [-0.3, -0.25) is 4.39 Å². The van der Waals surface area contributed by atoms with Crippen LogP contribution < -0.4 is 0 Å². The highest BCUT2D eigenvalue weighted by Crippen LogP contribution is 1.86. The molecule has 0 spiro atoms. The molecule has 1 N–H and O–H groups in total. The van der Waals surface area contributed by atoms with Crippen LogP contribution in [0.15, 0.2) is 0 Å². The minimum Gasteiger partial charge on any atom is -0.393 e. The van der Waals surface area contributed by atoms with Crippen molar-refractivity contribution in [2.24, 2.45) is 0 Å². The summed E-state index contributed by atoms with van der Waals surface area (Å²) in [6.07, 6.45) is -0.574. The normalized spacial score (nSPS) is 14.5. The monoisotopic (exact) mass is 91.1 g/mol. The molecule has 1 atom stereocenters. The summed E-state index contributed by atoms with van der Waals surface area (Å²) in [6.45, 7) is 2.66. The molecule has 0 saturated heterocycles. The van der Waals surface area contributed by atoms with Gasteiger partial charge in [-0.05, 0) is 6.92 Å². The summed E-state index contributed by atoms with van der Waals surface area (Å²) in [4.78, 5) is 0. The van der Waals surface area contributed by atoms with E-state index >= 15 is 0 Å². The van der Waals surface area contributed by atoms with Gasteiger partial charge in [0.1, 0.15) is 0 Å². The van der Waals surface area contributed by atoms with Gasteiger partial charge in [-0.2, -0.15) is 0 Å². The molecule has 1 radical (unpaired) electrons. The standard InChI is InChI=1S/C4H8FO/c1-4(6)2-3-5/h4,6H,1-3H2. The number of aliphatic hydroxyl groups excluding tert-OH is 1. The Morgan fingerprint density at radius 3 is 2.33 bits per heavy atom.